The zero-order chi connectivity index (χ0) is 22.4. The summed E-state index contributed by atoms with van der Waals surface area (Å²) in [6, 6.07) is 12.5. The summed E-state index contributed by atoms with van der Waals surface area (Å²) in [7, 11) is 0. The van der Waals surface area contributed by atoms with E-state index < -0.39 is 0 Å². The van der Waals surface area contributed by atoms with Crippen molar-refractivity contribution in [2.75, 3.05) is 25.1 Å². The summed E-state index contributed by atoms with van der Waals surface area (Å²) in [5.74, 6) is 0.200. The van der Waals surface area contributed by atoms with Gasteiger partial charge in [0.05, 0.1) is 16.5 Å². The van der Waals surface area contributed by atoms with E-state index in [9.17, 15) is 9.59 Å². The van der Waals surface area contributed by atoms with Gasteiger partial charge in [-0.3, -0.25) is 14.5 Å². The lowest BCUT2D eigenvalue weighted by molar-refractivity contribution is -0.122. The second kappa shape index (κ2) is 10.7. The van der Waals surface area contributed by atoms with E-state index in [2.05, 4.69) is 5.32 Å². The summed E-state index contributed by atoms with van der Waals surface area (Å²) in [4.78, 5) is 26.7. The number of anilines is 1. The van der Waals surface area contributed by atoms with Gasteiger partial charge in [0.2, 0.25) is 0 Å². The SMILES string of the molecule is CCOc1cc(C=C2SC(=S)N(CC)C2=O)cc(Cl)c1OCC(=O)Nc1ccccc1. The van der Waals surface area contributed by atoms with Gasteiger partial charge in [-0.25, -0.2) is 0 Å². The molecule has 0 aromatic heterocycles. The van der Waals surface area contributed by atoms with E-state index in [0.29, 0.717) is 39.4 Å². The summed E-state index contributed by atoms with van der Waals surface area (Å²) >= 11 is 12.9. The molecule has 2 aromatic carbocycles. The molecule has 3 rings (SSSR count). The van der Waals surface area contributed by atoms with Gasteiger partial charge >= 0.3 is 0 Å². The number of hydrogen-bond donors (Lipinski definition) is 1. The van der Waals surface area contributed by atoms with Gasteiger partial charge in [0.1, 0.15) is 4.32 Å². The maximum absolute atomic E-state index is 12.5. The first kappa shape index (κ1) is 23.1. The van der Waals surface area contributed by atoms with Crippen LogP contribution in [0.3, 0.4) is 0 Å². The van der Waals surface area contributed by atoms with Crippen LogP contribution in [-0.2, 0) is 9.59 Å². The lowest BCUT2D eigenvalue weighted by Crippen LogP contribution is -2.27. The third-order valence-electron chi connectivity index (χ3n) is 4.22. The molecule has 1 aliphatic rings. The summed E-state index contributed by atoms with van der Waals surface area (Å²) < 4.78 is 11.9. The number of thiocarbonyl (C=S) groups is 1. The zero-order valence-electron chi connectivity index (χ0n) is 17.0. The van der Waals surface area contributed by atoms with Gasteiger partial charge < -0.3 is 14.8 Å². The van der Waals surface area contributed by atoms with Gasteiger partial charge in [-0.1, -0.05) is 53.8 Å². The van der Waals surface area contributed by atoms with Crippen LogP contribution in [0.2, 0.25) is 5.02 Å². The van der Waals surface area contributed by atoms with Crippen LogP contribution in [0.15, 0.2) is 47.4 Å². The molecule has 9 heteroatoms. The number of para-hydroxylation sites is 1. The van der Waals surface area contributed by atoms with Crippen molar-refractivity contribution < 1.29 is 19.1 Å². The second-order valence-corrected chi connectivity index (χ2v) is 8.47. The molecule has 1 saturated heterocycles. The topological polar surface area (TPSA) is 67.9 Å². The standard InChI is InChI=1S/C22H21ClN2O4S2/c1-3-25-21(27)18(31-22(25)30)12-14-10-16(23)20(17(11-14)28-4-2)29-13-19(26)24-15-8-6-5-7-9-15/h5-12H,3-4,13H2,1-2H3,(H,24,26). The van der Waals surface area contributed by atoms with Crippen LogP contribution >= 0.6 is 35.6 Å². The number of likely N-dealkylation sites (N-methyl/N-ethyl adjacent to an activating group) is 1. The van der Waals surface area contributed by atoms with E-state index in [1.165, 1.54) is 11.8 Å². The van der Waals surface area contributed by atoms with E-state index in [-0.39, 0.29) is 29.2 Å². The lowest BCUT2D eigenvalue weighted by Gasteiger charge is -2.14. The molecule has 0 atom stereocenters. The molecule has 0 radical (unpaired) electrons. The van der Waals surface area contributed by atoms with Crippen LogP contribution < -0.4 is 14.8 Å². The molecule has 0 unspecified atom stereocenters. The van der Waals surface area contributed by atoms with E-state index in [1.54, 1.807) is 35.2 Å². The maximum atomic E-state index is 12.5. The molecule has 162 valence electrons. The Hall–Kier alpha value is -2.55. The van der Waals surface area contributed by atoms with E-state index in [4.69, 9.17) is 33.3 Å². The number of rotatable bonds is 8. The lowest BCUT2D eigenvalue weighted by atomic mass is 10.1. The molecule has 0 spiro atoms. The van der Waals surface area contributed by atoms with Gasteiger partial charge in [0.15, 0.2) is 18.1 Å². The highest BCUT2D eigenvalue weighted by molar-refractivity contribution is 8.26. The van der Waals surface area contributed by atoms with Crippen LogP contribution in [0.25, 0.3) is 6.08 Å². The Morgan fingerprint density at radius 3 is 2.61 bits per heavy atom. The number of thioether (sulfide) groups is 1. The number of hydrogen-bond acceptors (Lipinski definition) is 6. The summed E-state index contributed by atoms with van der Waals surface area (Å²) in [6.07, 6.45) is 1.72. The highest BCUT2D eigenvalue weighted by Gasteiger charge is 2.30. The van der Waals surface area contributed by atoms with Crippen molar-refractivity contribution >= 4 is 63.5 Å². The monoisotopic (exact) mass is 476 g/mol. The minimum Gasteiger partial charge on any atom is -0.490 e. The first-order chi connectivity index (χ1) is 14.9. The highest BCUT2D eigenvalue weighted by atomic mass is 35.5. The number of nitrogens with zero attached hydrogens (tertiary/aromatic N) is 1. The van der Waals surface area contributed by atoms with Crippen molar-refractivity contribution in [3.8, 4) is 11.5 Å². The van der Waals surface area contributed by atoms with Gasteiger partial charge in [0, 0.05) is 12.2 Å². The molecule has 2 aromatic rings. The van der Waals surface area contributed by atoms with E-state index in [0.717, 1.165) is 0 Å². The predicted octanol–water partition coefficient (Wildman–Crippen LogP) is 4.98. The van der Waals surface area contributed by atoms with Gasteiger partial charge in [-0.05, 0) is 49.8 Å². The van der Waals surface area contributed by atoms with Crippen LogP contribution in [0, 0.1) is 0 Å². The first-order valence-electron chi connectivity index (χ1n) is 9.62. The van der Waals surface area contributed by atoms with Gasteiger partial charge in [-0.2, -0.15) is 0 Å². The number of amides is 2. The average molecular weight is 477 g/mol. The third kappa shape index (κ3) is 5.78. The molecule has 1 aliphatic heterocycles. The number of carbonyl (C=O) groups is 2. The average Bonchev–Trinajstić information content (AvgIpc) is 3.00. The Kier molecular flexibility index (Phi) is 7.95. The quantitative estimate of drug-likeness (QED) is 0.428. The number of ether oxygens (including phenoxy) is 2. The van der Waals surface area contributed by atoms with Crippen LogP contribution in [0.4, 0.5) is 5.69 Å². The molecule has 1 N–H and O–H groups in total. The summed E-state index contributed by atoms with van der Waals surface area (Å²) in [6.45, 7) is 4.37. The molecular weight excluding hydrogens is 456 g/mol. The molecule has 31 heavy (non-hydrogen) atoms. The Labute approximate surface area is 195 Å². The molecule has 6 nitrogen and oxygen atoms in total. The predicted molar refractivity (Wildman–Crippen MR) is 129 cm³/mol. The van der Waals surface area contributed by atoms with Crippen molar-refractivity contribution in [2.24, 2.45) is 0 Å². The number of carbonyl (C=O) groups excluding carboxylic acids is 2. The van der Waals surface area contributed by atoms with Crippen molar-refractivity contribution in [1.82, 2.24) is 4.90 Å². The van der Waals surface area contributed by atoms with Crippen LogP contribution in [0.5, 0.6) is 11.5 Å². The van der Waals surface area contributed by atoms with E-state index >= 15 is 0 Å². The third-order valence-corrected chi connectivity index (χ3v) is 5.88. The molecule has 0 aliphatic carbocycles. The van der Waals surface area contributed by atoms with Crippen LogP contribution in [-0.4, -0.2) is 40.8 Å². The Balaban J connectivity index is 1.77. The van der Waals surface area contributed by atoms with Crippen molar-refractivity contribution in [2.45, 2.75) is 13.8 Å². The van der Waals surface area contributed by atoms with Gasteiger partial charge in [-0.15, -0.1) is 0 Å². The minimum absolute atomic E-state index is 0.135. The molecule has 1 fully saturated rings. The Bertz CT molecular complexity index is 1030. The Morgan fingerprint density at radius 1 is 1.23 bits per heavy atom. The fraction of sp³-hybridized carbons (Fsp3) is 0.227. The number of nitrogens with one attached hydrogen (secondary N) is 1. The fourth-order valence-electron chi connectivity index (χ4n) is 2.85. The van der Waals surface area contributed by atoms with Crippen molar-refractivity contribution in [1.29, 1.82) is 0 Å². The molecule has 1 heterocycles. The second-order valence-electron chi connectivity index (χ2n) is 6.39. The largest absolute Gasteiger partial charge is 0.490 e. The summed E-state index contributed by atoms with van der Waals surface area (Å²) in [5.41, 5.74) is 1.35. The molecule has 0 saturated carbocycles. The van der Waals surface area contributed by atoms with Gasteiger partial charge in [0.25, 0.3) is 11.8 Å². The smallest absolute Gasteiger partial charge is 0.266 e. The molecular formula is C22H21ClN2O4S2. The van der Waals surface area contributed by atoms with E-state index in [1.807, 2.05) is 32.0 Å². The maximum Gasteiger partial charge on any atom is 0.266 e. The highest BCUT2D eigenvalue weighted by Crippen LogP contribution is 2.39. The Morgan fingerprint density at radius 2 is 1.97 bits per heavy atom. The summed E-state index contributed by atoms with van der Waals surface area (Å²) in [5, 5.41) is 3.02. The fourth-order valence-corrected chi connectivity index (χ4v) is 4.51. The normalized spacial score (nSPS) is 14.8. The minimum atomic E-state index is -0.322. The number of halogens is 1. The molecule has 2 amide bonds. The molecule has 0 bridgehead atoms. The van der Waals surface area contributed by atoms with Crippen LogP contribution in [0.1, 0.15) is 19.4 Å². The first-order valence-corrected chi connectivity index (χ1v) is 11.2. The number of benzene rings is 2. The van der Waals surface area contributed by atoms with Crippen molar-refractivity contribution in [3.05, 3.63) is 58.0 Å². The van der Waals surface area contributed by atoms with Crippen molar-refractivity contribution in [3.63, 3.8) is 0 Å². The zero-order valence-corrected chi connectivity index (χ0v) is 19.4.